The molecular formula is C33H26Br4N8O. The van der Waals surface area contributed by atoms with Gasteiger partial charge in [-0.05, 0) is 105 Å². The summed E-state index contributed by atoms with van der Waals surface area (Å²) in [4.78, 5) is 29.0. The Kier molecular flexibility index (Phi) is 7.58. The fraction of sp³-hybridized carbons (Fsp3) is 0.242. The zero-order valence-electron chi connectivity index (χ0n) is 24.8. The van der Waals surface area contributed by atoms with Crippen LogP contribution in [0.1, 0.15) is 64.4 Å². The van der Waals surface area contributed by atoms with Gasteiger partial charge in [0.15, 0.2) is 22.7 Å². The van der Waals surface area contributed by atoms with Crippen LogP contribution in [0, 0.1) is 0 Å². The number of nitrogens with zero attached hydrogens (tertiary/aromatic N) is 8. The van der Waals surface area contributed by atoms with Gasteiger partial charge in [0.2, 0.25) is 5.78 Å². The van der Waals surface area contributed by atoms with E-state index < -0.39 is 0 Å². The summed E-state index contributed by atoms with van der Waals surface area (Å²) in [6.45, 7) is 5.78. The van der Waals surface area contributed by atoms with E-state index >= 15 is 0 Å². The summed E-state index contributed by atoms with van der Waals surface area (Å²) < 4.78 is 6.96. The number of hydrogen-bond donors (Lipinski definition) is 0. The number of carbonyl (C=O) groups is 1. The molecule has 0 radical (unpaired) electrons. The number of rotatable bonds is 4. The Labute approximate surface area is 298 Å². The second-order valence-corrected chi connectivity index (χ2v) is 15.4. The first-order valence-corrected chi connectivity index (χ1v) is 18.1. The fourth-order valence-corrected chi connectivity index (χ4v) is 8.28. The smallest absolute Gasteiger partial charge is 0.237 e. The van der Waals surface area contributed by atoms with Crippen molar-refractivity contribution < 1.29 is 4.79 Å². The molecule has 4 aromatic heterocycles. The van der Waals surface area contributed by atoms with Crippen molar-refractivity contribution >= 4 is 92.2 Å². The second kappa shape index (κ2) is 11.5. The molecule has 0 saturated heterocycles. The minimum atomic E-state index is -0.271. The van der Waals surface area contributed by atoms with Gasteiger partial charge in [-0.1, -0.05) is 44.0 Å². The summed E-state index contributed by atoms with van der Waals surface area (Å²) in [6, 6.07) is 12.8. The van der Waals surface area contributed by atoms with Crippen molar-refractivity contribution in [3.8, 4) is 0 Å². The van der Waals surface area contributed by atoms with Gasteiger partial charge in [0.25, 0.3) is 0 Å². The van der Waals surface area contributed by atoms with Gasteiger partial charge < -0.3 is 9.80 Å². The lowest BCUT2D eigenvalue weighted by Gasteiger charge is -2.37. The van der Waals surface area contributed by atoms with Gasteiger partial charge in [-0.2, -0.15) is 10.2 Å². The molecule has 6 heterocycles. The highest BCUT2D eigenvalue weighted by Gasteiger charge is 2.37. The van der Waals surface area contributed by atoms with Crippen molar-refractivity contribution in [2.24, 2.45) is 0 Å². The monoisotopic (exact) mass is 866 g/mol. The maximum Gasteiger partial charge on any atom is 0.237 e. The number of hydrogen-bond acceptors (Lipinski definition) is 7. The van der Waals surface area contributed by atoms with Gasteiger partial charge in [0, 0.05) is 46.8 Å². The predicted octanol–water partition coefficient (Wildman–Crippen LogP) is 8.30. The van der Waals surface area contributed by atoms with E-state index in [1.54, 1.807) is 21.4 Å². The summed E-state index contributed by atoms with van der Waals surface area (Å²) in [5.74, 6) is -0.271. The normalized spacial score (nSPS) is 17.9. The van der Waals surface area contributed by atoms with Gasteiger partial charge in [-0.25, -0.2) is 19.0 Å². The molecule has 8 rings (SSSR count). The Hall–Kier alpha value is -3.13. The molecule has 2 aliphatic heterocycles. The first-order chi connectivity index (χ1) is 22.2. The molecule has 0 bridgehead atoms. The molecule has 6 aromatic rings. The Bertz CT molecular complexity index is 2060. The molecule has 2 aliphatic rings. The van der Waals surface area contributed by atoms with Crippen molar-refractivity contribution in [2.45, 2.75) is 38.8 Å². The summed E-state index contributed by atoms with van der Waals surface area (Å²) in [5, 5.41) is 9.79. The molecule has 2 unspecified atom stereocenters. The van der Waals surface area contributed by atoms with Crippen molar-refractivity contribution in [3.05, 3.63) is 113 Å². The van der Waals surface area contributed by atoms with Gasteiger partial charge >= 0.3 is 0 Å². The van der Waals surface area contributed by atoms with Gasteiger partial charge in [0.05, 0.1) is 21.0 Å². The average Bonchev–Trinajstić information content (AvgIpc) is 3.60. The molecule has 0 saturated carbocycles. The highest BCUT2D eigenvalue weighted by Crippen LogP contribution is 2.42. The van der Waals surface area contributed by atoms with Gasteiger partial charge in [-0.3, -0.25) is 4.79 Å². The minimum Gasteiger partial charge on any atom is -0.359 e. The van der Waals surface area contributed by atoms with Crippen LogP contribution in [0.5, 0.6) is 0 Å². The number of ketones is 1. The maximum absolute atomic E-state index is 15.0. The molecule has 2 atom stereocenters. The van der Waals surface area contributed by atoms with Crippen molar-refractivity contribution in [1.29, 1.82) is 0 Å². The SMILES string of the molecule is CC1c2cc(Br)ccc2CCN1c1c(C(=O)c2nn3cc(Br)cnc3c2N2CCc3ccc(Br)cc3C2C)nn2cc(Br)cnc12. The van der Waals surface area contributed by atoms with Crippen LogP contribution in [0.25, 0.3) is 11.3 Å². The molecule has 0 fully saturated rings. The molecule has 0 spiro atoms. The number of benzene rings is 2. The minimum absolute atomic E-state index is 0.0125. The van der Waals surface area contributed by atoms with E-state index in [9.17, 15) is 4.79 Å². The molecule has 0 N–H and O–H groups in total. The Morgan fingerprint density at radius 2 is 1.11 bits per heavy atom. The van der Waals surface area contributed by atoms with Gasteiger partial charge in [0.1, 0.15) is 11.4 Å². The highest BCUT2D eigenvalue weighted by molar-refractivity contribution is 9.11. The molecule has 2 aromatic carbocycles. The number of anilines is 2. The topological polar surface area (TPSA) is 83.9 Å². The summed E-state index contributed by atoms with van der Waals surface area (Å²) in [7, 11) is 0. The highest BCUT2D eigenvalue weighted by atomic mass is 79.9. The zero-order valence-corrected chi connectivity index (χ0v) is 31.1. The van der Waals surface area contributed by atoms with E-state index in [2.05, 4.69) is 124 Å². The first kappa shape index (κ1) is 30.2. The third-order valence-corrected chi connectivity index (χ3v) is 10.9. The van der Waals surface area contributed by atoms with Gasteiger partial charge in [-0.15, -0.1) is 0 Å². The van der Waals surface area contributed by atoms with Crippen LogP contribution < -0.4 is 9.80 Å². The Morgan fingerprint density at radius 1 is 0.674 bits per heavy atom. The van der Waals surface area contributed by atoms with Crippen LogP contribution in [0.4, 0.5) is 11.4 Å². The Balaban J connectivity index is 1.31. The standard InChI is InChI=1S/C33H26Br4N8O/c1-17-25-11-21(34)5-3-19(25)7-9-42(17)29-27(40-44-15-23(36)13-38-32(29)44)31(46)28-30(33-39-14-24(37)16-45(33)41-28)43-10-8-20-4-6-22(35)12-26(20)18(43)2/h3-6,11-18H,7-10H2,1-2H3. The van der Waals surface area contributed by atoms with Crippen LogP contribution in [-0.2, 0) is 12.8 Å². The zero-order chi connectivity index (χ0) is 31.9. The molecule has 9 nitrogen and oxygen atoms in total. The van der Waals surface area contributed by atoms with Crippen LogP contribution in [0.15, 0.2) is 79.1 Å². The molecule has 232 valence electrons. The number of aromatic nitrogens is 6. The molecular weight excluding hydrogens is 844 g/mol. The maximum atomic E-state index is 15.0. The molecule has 46 heavy (non-hydrogen) atoms. The lowest BCUT2D eigenvalue weighted by Crippen LogP contribution is -2.36. The molecule has 13 heteroatoms. The molecule has 0 aliphatic carbocycles. The van der Waals surface area contributed by atoms with Crippen LogP contribution >= 0.6 is 63.7 Å². The summed E-state index contributed by atoms with van der Waals surface area (Å²) in [6.07, 6.45) is 8.85. The van der Waals surface area contributed by atoms with Crippen LogP contribution in [0.2, 0.25) is 0 Å². The predicted molar refractivity (Wildman–Crippen MR) is 192 cm³/mol. The van der Waals surface area contributed by atoms with E-state index in [1.165, 1.54) is 22.3 Å². The average molecular weight is 870 g/mol. The largest absolute Gasteiger partial charge is 0.359 e. The van der Waals surface area contributed by atoms with E-state index in [0.29, 0.717) is 34.1 Å². The lowest BCUT2D eigenvalue weighted by molar-refractivity contribution is 0.103. The third-order valence-electron chi connectivity index (χ3n) is 9.13. The second-order valence-electron chi connectivity index (χ2n) is 11.7. The van der Waals surface area contributed by atoms with Crippen molar-refractivity contribution in [1.82, 2.24) is 29.2 Å². The number of halogens is 4. The molecule has 0 amide bonds. The van der Waals surface area contributed by atoms with E-state index in [0.717, 1.165) is 43.8 Å². The van der Waals surface area contributed by atoms with Crippen LogP contribution in [0.3, 0.4) is 0 Å². The van der Waals surface area contributed by atoms with E-state index in [1.807, 2.05) is 12.4 Å². The first-order valence-electron chi connectivity index (χ1n) is 14.9. The summed E-state index contributed by atoms with van der Waals surface area (Å²) in [5.41, 5.74) is 8.30. The number of carbonyl (C=O) groups excluding carboxylic acids is 1. The Morgan fingerprint density at radius 3 is 1.54 bits per heavy atom. The third kappa shape index (κ3) is 4.92. The lowest BCUT2D eigenvalue weighted by atomic mass is 9.92. The van der Waals surface area contributed by atoms with Crippen molar-refractivity contribution in [3.63, 3.8) is 0 Å². The fourth-order valence-electron chi connectivity index (χ4n) is 6.93. The van der Waals surface area contributed by atoms with Crippen molar-refractivity contribution in [2.75, 3.05) is 22.9 Å². The summed E-state index contributed by atoms with van der Waals surface area (Å²) >= 11 is 14.4. The van der Waals surface area contributed by atoms with E-state index in [-0.39, 0.29) is 17.9 Å². The van der Waals surface area contributed by atoms with Crippen LogP contribution in [-0.4, -0.2) is 48.1 Å². The quantitative estimate of drug-likeness (QED) is 0.165. The van der Waals surface area contributed by atoms with E-state index in [4.69, 9.17) is 20.2 Å². The number of fused-ring (bicyclic) bond motifs is 4.